The lowest BCUT2D eigenvalue weighted by Crippen LogP contribution is -2.47. The maximum atomic E-state index is 11.8. The third kappa shape index (κ3) is 4.49. The summed E-state index contributed by atoms with van der Waals surface area (Å²) in [7, 11) is 0. The fourth-order valence-corrected chi connectivity index (χ4v) is 2.43. The van der Waals surface area contributed by atoms with Gasteiger partial charge in [-0.05, 0) is 25.0 Å². The molecule has 2 unspecified atom stereocenters. The number of urea groups is 1. The Balaban J connectivity index is 1.79. The van der Waals surface area contributed by atoms with Crippen molar-refractivity contribution in [1.82, 2.24) is 10.6 Å². The van der Waals surface area contributed by atoms with Crippen molar-refractivity contribution in [2.45, 2.75) is 50.8 Å². The topological polar surface area (TPSA) is 112 Å². The second-order valence-corrected chi connectivity index (χ2v) is 5.21. The molecule has 1 aliphatic rings. The molecule has 0 aliphatic heterocycles. The van der Waals surface area contributed by atoms with Gasteiger partial charge in [-0.3, -0.25) is 0 Å². The van der Waals surface area contributed by atoms with Crippen molar-refractivity contribution in [3.63, 3.8) is 0 Å². The van der Waals surface area contributed by atoms with Crippen molar-refractivity contribution in [2.24, 2.45) is 0 Å². The van der Waals surface area contributed by atoms with Gasteiger partial charge in [0.05, 0.1) is 18.7 Å². The maximum Gasteiger partial charge on any atom is 0.371 e. The van der Waals surface area contributed by atoms with E-state index in [0.29, 0.717) is 12.2 Å². The third-order valence-electron chi connectivity index (χ3n) is 3.59. The number of hydrogen-bond donors (Lipinski definition) is 4. The van der Waals surface area contributed by atoms with Crippen LogP contribution in [0.15, 0.2) is 16.5 Å². The summed E-state index contributed by atoms with van der Waals surface area (Å²) in [5.74, 6) is -0.942. The van der Waals surface area contributed by atoms with Crippen LogP contribution in [0.5, 0.6) is 0 Å². The first-order chi connectivity index (χ1) is 10.1. The third-order valence-corrected chi connectivity index (χ3v) is 3.59. The molecule has 1 fully saturated rings. The zero-order valence-corrected chi connectivity index (χ0v) is 11.7. The van der Waals surface area contributed by atoms with Crippen LogP contribution in [-0.2, 0) is 6.54 Å². The van der Waals surface area contributed by atoms with Gasteiger partial charge in [0.1, 0.15) is 5.76 Å². The van der Waals surface area contributed by atoms with Crippen LogP contribution in [0.3, 0.4) is 0 Å². The van der Waals surface area contributed by atoms with E-state index in [0.717, 1.165) is 25.7 Å². The summed E-state index contributed by atoms with van der Waals surface area (Å²) < 4.78 is 5.04. The standard InChI is InChI=1S/C14H20N2O5/c17-11-5-3-1-2-4-10(11)16-14(20)15-8-9-6-7-12(21-9)13(18)19/h6-7,10-11,17H,1-5,8H2,(H,18,19)(H2,15,16,20). The number of carbonyl (C=O) groups excluding carboxylic acids is 1. The minimum Gasteiger partial charge on any atom is -0.475 e. The molecule has 1 aliphatic carbocycles. The van der Waals surface area contributed by atoms with Crippen molar-refractivity contribution in [1.29, 1.82) is 0 Å². The van der Waals surface area contributed by atoms with E-state index in [2.05, 4.69) is 10.6 Å². The first kappa shape index (κ1) is 15.4. The normalized spacial score (nSPS) is 22.3. The monoisotopic (exact) mass is 296 g/mol. The van der Waals surface area contributed by atoms with Gasteiger partial charge >= 0.3 is 12.0 Å². The number of hydrogen-bond acceptors (Lipinski definition) is 4. The first-order valence-electron chi connectivity index (χ1n) is 7.10. The lowest BCUT2D eigenvalue weighted by atomic mass is 10.1. The van der Waals surface area contributed by atoms with Crippen LogP contribution in [0.2, 0.25) is 0 Å². The molecule has 7 heteroatoms. The number of carboxylic acid groups (broad SMARTS) is 1. The molecule has 2 atom stereocenters. The molecule has 1 aromatic rings. The molecule has 1 aromatic heterocycles. The Morgan fingerprint density at radius 1 is 1.24 bits per heavy atom. The second kappa shape index (κ2) is 7.12. The fourth-order valence-electron chi connectivity index (χ4n) is 2.43. The minimum atomic E-state index is -1.15. The highest BCUT2D eigenvalue weighted by Crippen LogP contribution is 2.17. The summed E-state index contributed by atoms with van der Waals surface area (Å²) in [6, 6.07) is 2.21. The Morgan fingerprint density at radius 3 is 2.71 bits per heavy atom. The van der Waals surface area contributed by atoms with Gasteiger partial charge in [-0.1, -0.05) is 19.3 Å². The quantitative estimate of drug-likeness (QED) is 0.629. The van der Waals surface area contributed by atoms with Gasteiger partial charge in [0.15, 0.2) is 0 Å². The van der Waals surface area contributed by atoms with Gasteiger partial charge in [-0.25, -0.2) is 9.59 Å². The van der Waals surface area contributed by atoms with Gasteiger partial charge < -0.3 is 25.3 Å². The van der Waals surface area contributed by atoms with E-state index in [1.165, 1.54) is 12.1 Å². The highest BCUT2D eigenvalue weighted by atomic mass is 16.4. The Bertz CT molecular complexity index is 499. The number of furan rings is 1. The molecular weight excluding hydrogens is 276 g/mol. The summed E-state index contributed by atoms with van der Waals surface area (Å²) in [4.78, 5) is 22.5. The van der Waals surface area contributed by atoms with Gasteiger partial charge in [-0.15, -0.1) is 0 Å². The number of aromatic carboxylic acids is 1. The average Bonchev–Trinajstić information content (AvgIpc) is 2.84. The highest BCUT2D eigenvalue weighted by Gasteiger charge is 2.23. The number of carboxylic acids is 1. The van der Waals surface area contributed by atoms with E-state index in [1.54, 1.807) is 0 Å². The Kier molecular flexibility index (Phi) is 5.21. The molecule has 7 nitrogen and oxygen atoms in total. The molecule has 2 rings (SSSR count). The molecule has 21 heavy (non-hydrogen) atoms. The van der Waals surface area contributed by atoms with Crippen molar-refractivity contribution < 1.29 is 24.2 Å². The predicted octanol–water partition coefficient (Wildman–Crippen LogP) is 1.47. The van der Waals surface area contributed by atoms with Crippen molar-refractivity contribution in [2.75, 3.05) is 0 Å². The van der Waals surface area contributed by atoms with Crippen LogP contribution in [0.1, 0.15) is 48.4 Å². The molecule has 0 saturated heterocycles. The SMILES string of the molecule is O=C(NCc1ccc(C(=O)O)o1)NC1CCCCCC1O. The van der Waals surface area contributed by atoms with Crippen LogP contribution >= 0.6 is 0 Å². The van der Waals surface area contributed by atoms with E-state index < -0.39 is 18.1 Å². The molecule has 1 saturated carbocycles. The largest absolute Gasteiger partial charge is 0.475 e. The lowest BCUT2D eigenvalue weighted by molar-refractivity contribution is 0.0660. The summed E-state index contributed by atoms with van der Waals surface area (Å²) in [6.07, 6.45) is 3.98. The minimum absolute atomic E-state index is 0.0991. The number of aliphatic hydroxyl groups is 1. The van der Waals surface area contributed by atoms with Crippen LogP contribution < -0.4 is 10.6 Å². The second-order valence-electron chi connectivity index (χ2n) is 5.21. The van der Waals surface area contributed by atoms with Gasteiger partial charge in [0, 0.05) is 0 Å². The number of aliphatic hydroxyl groups excluding tert-OH is 1. The maximum absolute atomic E-state index is 11.8. The van der Waals surface area contributed by atoms with E-state index in [1.807, 2.05) is 0 Å². The molecule has 0 bridgehead atoms. The molecule has 0 radical (unpaired) electrons. The Morgan fingerprint density at radius 2 is 2.00 bits per heavy atom. The van der Waals surface area contributed by atoms with Gasteiger partial charge in [0.2, 0.25) is 5.76 Å². The molecule has 1 heterocycles. The van der Waals surface area contributed by atoms with Crippen LogP contribution in [0.25, 0.3) is 0 Å². The number of amides is 2. The average molecular weight is 296 g/mol. The zero-order valence-electron chi connectivity index (χ0n) is 11.7. The van der Waals surface area contributed by atoms with Crippen LogP contribution in [-0.4, -0.2) is 34.4 Å². The highest BCUT2D eigenvalue weighted by molar-refractivity contribution is 5.84. The Labute approximate surface area is 122 Å². The summed E-state index contributed by atoms with van der Waals surface area (Å²) in [5.41, 5.74) is 0. The fraction of sp³-hybridized carbons (Fsp3) is 0.571. The van der Waals surface area contributed by atoms with Gasteiger partial charge in [0.25, 0.3) is 0 Å². The van der Waals surface area contributed by atoms with E-state index in [9.17, 15) is 14.7 Å². The zero-order chi connectivity index (χ0) is 15.2. The number of carbonyl (C=O) groups is 2. The molecular formula is C14H20N2O5. The smallest absolute Gasteiger partial charge is 0.371 e. The molecule has 0 aromatic carbocycles. The first-order valence-corrected chi connectivity index (χ1v) is 7.10. The number of nitrogens with one attached hydrogen (secondary N) is 2. The van der Waals surface area contributed by atoms with Crippen molar-refractivity contribution in [3.8, 4) is 0 Å². The van der Waals surface area contributed by atoms with E-state index >= 15 is 0 Å². The Hall–Kier alpha value is -2.02. The summed E-state index contributed by atoms with van der Waals surface area (Å²) in [6.45, 7) is 0.0991. The van der Waals surface area contributed by atoms with E-state index in [4.69, 9.17) is 9.52 Å². The summed E-state index contributed by atoms with van der Waals surface area (Å²) in [5, 5.41) is 24.0. The molecule has 116 valence electrons. The van der Waals surface area contributed by atoms with Crippen molar-refractivity contribution >= 4 is 12.0 Å². The molecule has 4 N–H and O–H groups in total. The van der Waals surface area contributed by atoms with Crippen LogP contribution in [0.4, 0.5) is 4.79 Å². The lowest BCUT2D eigenvalue weighted by Gasteiger charge is -2.21. The molecule has 2 amide bonds. The van der Waals surface area contributed by atoms with Crippen LogP contribution in [0, 0.1) is 0 Å². The summed E-state index contributed by atoms with van der Waals surface area (Å²) >= 11 is 0. The van der Waals surface area contributed by atoms with Gasteiger partial charge in [-0.2, -0.15) is 0 Å². The van der Waals surface area contributed by atoms with E-state index in [-0.39, 0.29) is 18.3 Å². The molecule has 0 spiro atoms. The van der Waals surface area contributed by atoms with Crippen molar-refractivity contribution in [3.05, 3.63) is 23.7 Å². The number of rotatable bonds is 4. The predicted molar refractivity (Wildman–Crippen MR) is 73.9 cm³/mol.